The maximum Gasteiger partial charge on any atom is 0.219 e. The number of amides is 1. The lowest BCUT2D eigenvalue weighted by Gasteiger charge is -2.06. The van der Waals surface area contributed by atoms with Crippen LogP contribution in [0.15, 0.2) is 0 Å². The second-order valence-electron chi connectivity index (χ2n) is 6.82. The maximum atomic E-state index is 11.6. The second kappa shape index (κ2) is 15.9. The van der Waals surface area contributed by atoms with Crippen LogP contribution in [0, 0.1) is 5.92 Å². The minimum atomic E-state index is 0.252. The summed E-state index contributed by atoms with van der Waals surface area (Å²) in [5, 5.41) is 3.05. The largest absolute Gasteiger partial charge is 0.356 e. The molecule has 0 aliphatic heterocycles. The van der Waals surface area contributed by atoms with Crippen LogP contribution in [0.5, 0.6) is 0 Å². The van der Waals surface area contributed by atoms with Crippen molar-refractivity contribution in [2.75, 3.05) is 6.54 Å². The van der Waals surface area contributed by atoms with Crippen molar-refractivity contribution in [1.29, 1.82) is 0 Å². The molecule has 0 spiro atoms. The Kier molecular flexibility index (Phi) is 15.5. The molecule has 0 aromatic rings. The second-order valence-corrected chi connectivity index (χ2v) is 6.82. The van der Waals surface area contributed by atoms with Crippen LogP contribution in [0.1, 0.15) is 104 Å². The SMILES string of the molecule is CCCCCCCCCCNC(=O)CCCCCC(C)C. The Balaban J connectivity index is 3.16. The van der Waals surface area contributed by atoms with Crippen molar-refractivity contribution in [3.05, 3.63) is 0 Å². The highest BCUT2D eigenvalue weighted by Gasteiger charge is 2.01. The van der Waals surface area contributed by atoms with Gasteiger partial charge in [-0.3, -0.25) is 4.79 Å². The van der Waals surface area contributed by atoms with E-state index in [0.29, 0.717) is 0 Å². The Morgan fingerprint density at radius 1 is 0.810 bits per heavy atom. The third-order valence-electron chi connectivity index (χ3n) is 4.04. The van der Waals surface area contributed by atoms with Gasteiger partial charge in [-0.25, -0.2) is 0 Å². The summed E-state index contributed by atoms with van der Waals surface area (Å²) in [5.41, 5.74) is 0. The molecular weight excluding hydrogens is 258 g/mol. The van der Waals surface area contributed by atoms with Crippen LogP contribution in [0.3, 0.4) is 0 Å². The molecule has 0 aromatic heterocycles. The van der Waals surface area contributed by atoms with Crippen LogP contribution in [-0.4, -0.2) is 12.5 Å². The van der Waals surface area contributed by atoms with Gasteiger partial charge in [0.15, 0.2) is 0 Å². The molecule has 0 radical (unpaired) electrons. The molecule has 1 amide bonds. The molecule has 0 unspecified atom stereocenters. The summed E-state index contributed by atoms with van der Waals surface area (Å²) in [5.74, 6) is 1.04. The molecule has 1 N–H and O–H groups in total. The van der Waals surface area contributed by atoms with E-state index in [4.69, 9.17) is 0 Å². The van der Waals surface area contributed by atoms with Gasteiger partial charge in [-0.15, -0.1) is 0 Å². The van der Waals surface area contributed by atoms with Gasteiger partial charge in [0.05, 0.1) is 0 Å². The molecule has 0 aliphatic carbocycles. The molecule has 0 bridgehead atoms. The first-order chi connectivity index (χ1) is 10.2. The van der Waals surface area contributed by atoms with Crippen LogP contribution in [0.2, 0.25) is 0 Å². The Morgan fingerprint density at radius 2 is 1.38 bits per heavy atom. The fraction of sp³-hybridized carbons (Fsp3) is 0.947. The van der Waals surface area contributed by atoms with E-state index in [1.165, 1.54) is 64.2 Å². The first-order valence-electron chi connectivity index (χ1n) is 9.43. The fourth-order valence-corrected chi connectivity index (χ4v) is 2.59. The van der Waals surface area contributed by atoms with Crippen molar-refractivity contribution in [2.24, 2.45) is 5.92 Å². The van der Waals surface area contributed by atoms with Gasteiger partial charge in [-0.2, -0.15) is 0 Å². The topological polar surface area (TPSA) is 29.1 Å². The van der Waals surface area contributed by atoms with Crippen LogP contribution >= 0.6 is 0 Å². The summed E-state index contributed by atoms with van der Waals surface area (Å²) in [6.45, 7) is 7.65. The molecule has 2 heteroatoms. The van der Waals surface area contributed by atoms with Crippen LogP contribution in [0.4, 0.5) is 0 Å². The van der Waals surface area contributed by atoms with Gasteiger partial charge in [0.1, 0.15) is 0 Å². The molecule has 0 saturated carbocycles. The Hall–Kier alpha value is -0.530. The fourth-order valence-electron chi connectivity index (χ4n) is 2.59. The molecule has 0 saturated heterocycles. The number of hydrogen-bond donors (Lipinski definition) is 1. The first-order valence-corrected chi connectivity index (χ1v) is 9.43. The highest BCUT2D eigenvalue weighted by atomic mass is 16.1. The van der Waals surface area contributed by atoms with Gasteiger partial charge in [0.25, 0.3) is 0 Å². The summed E-state index contributed by atoms with van der Waals surface area (Å²) in [4.78, 5) is 11.6. The zero-order chi connectivity index (χ0) is 15.8. The van der Waals surface area contributed by atoms with E-state index in [1.54, 1.807) is 0 Å². The molecule has 0 rings (SSSR count). The third-order valence-corrected chi connectivity index (χ3v) is 4.04. The summed E-state index contributed by atoms with van der Waals surface area (Å²) in [7, 11) is 0. The summed E-state index contributed by atoms with van der Waals surface area (Å²) >= 11 is 0. The third kappa shape index (κ3) is 17.4. The average Bonchev–Trinajstić information content (AvgIpc) is 2.45. The Labute approximate surface area is 133 Å². The van der Waals surface area contributed by atoms with Crippen molar-refractivity contribution in [2.45, 2.75) is 104 Å². The smallest absolute Gasteiger partial charge is 0.219 e. The minimum Gasteiger partial charge on any atom is -0.356 e. The van der Waals surface area contributed by atoms with E-state index in [1.807, 2.05) is 0 Å². The predicted octanol–water partition coefficient (Wildman–Crippen LogP) is 5.85. The predicted molar refractivity (Wildman–Crippen MR) is 93.5 cm³/mol. The van der Waals surface area contributed by atoms with Crippen LogP contribution in [-0.2, 0) is 4.79 Å². The average molecular weight is 298 g/mol. The standard InChI is InChI=1S/C19H39NO/c1-4-5-6-7-8-9-10-14-17-20-19(21)16-13-11-12-15-18(2)3/h18H,4-17H2,1-3H3,(H,20,21). The quantitative estimate of drug-likeness (QED) is 0.377. The van der Waals surface area contributed by atoms with E-state index >= 15 is 0 Å². The normalized spacial score (nSPS) is 11.0. The van der Waals surface area contributed by atoms with E-state index < -0.39 is 0 Å². The highest BCUT2D eigenvalue weighted by Crippen LogP contribution is 2.10. The molecular formula is C19H39NO. The number of rotatable bonds is 15. The van der Waals surface area contributed by atoms with Gasteiger partial charge < -0.3 is 5.32 Å². The Bertz CT molecular complexity index is 226. The molecule has 0 heterocycles. The van der Waals surface area contributed by atoms with E-state index in [9.17, 15) is 4.79 Å². The lowest BCUT2D eigenvalue weighted by Crippen LogP contribution is -2.23. The number of nitrogens with one attached hydrogen (secondary N) is 1. The van der Waals surface area contributed by atoms with Crippen LogP contribution < -0.4 is 5.32 Å². The molecule has 0 atom stereocenters. The monoisotopic (exact) mass is 297 g/mol. The molecule has 0 fully saturated rings. The number of hydrogen-bond acceptors (Lipinski definition) is 1. The van der Waals surface area contributed by atoms with Crippen molar-refractivity contribution in [1.82, 2.24) is 5.32 Å². The van der Waals surface area contributed by atoms with E-state index in [2.05, 4.69) is 26.1 Å². The minimum absolute atomic E-state index is 0.252. The molecule has 0 aliphatic rings. The summed E-state index contributed by atoms with van der Waals surface area (Å²) in [6, 6.07) is 0. The molecule has 2 nitrogen and oxygen atoms in total. The van der Waals surface area contributed by atoms with Crippen molar-refractivity contribution < 1.29 is 4.79 Å². The van der Waals surface area contributed by atoms with E-state index in [0.717, 1.165) is 31.7 Å². The zero-order valence-electron chi connectivity index (χ0n) is 14.9. The lowest BCUT2D eigenvalue weighted by molar-refractivity contribution is -0.121. The van der Waals surface area contributed by atoms with Crippen molar-refractivity contribution in [3.63, 3.8) is 0 Å². The zero-order valence-corrected chi connectivity index (χ0v) is 14.9. The van der Waals surface area contributed by atoms with Gasteiger partial charge >= 0.3 is 0 Å². The molecule has 0 aromatic carbocycles. The molecule has 21 heavy (non-hydrogen) atoms. The highest BCUT2D eigenvalue weighted by molar-refractivity contribution is 5.75. The van der Waals surface area contributed by atoms with Crippen molar-refractivity contribution >= 4 is 5.91 Å². The molecule has 126 valence electrons. The van der Waals surface area contributed by atoms with Gasteiger partial charge in [0, 0.05) is 13.0 Å². The van der Waals surface area contributed by atoms with Crippen molar-refractivity contribution in [3.8, 4) is 0 Å². The van der Waals surface area contributed by atoms with Gasteiger partial charge in [-0.1, -0.05) is 85.0 Å². The van der Waals surface area contributed by atoms with Crippen LogP contribution in [0.25, 0.3) is 0 Å². The maximum absolute atomic E-state index is 11.6. The summed E-state index contributed by atoms with van der Waals surface area (Å²) < 4.78 is 0. The lowest BCUT2D eigenvalue weighted by atomic mass is 10.0. The van der Waals surface area contributed by atoms with Gasteiger partial charge in [-0.05, 0) is 18.8 Å². The number of carbonyl (C=O) groups excluding carboxylic acids is 1. The first kappa shape index (κ1) is 20.5. The van der Waals surface area contributed by atoms with E-state index in [-0.39, 0.29) is 5.91 Å². The summed E-state index contributed by atoms with van der Waals surface area (Å²) in [6.07, 6.45) is 16.1. The van der Waals surface area contributed by atoms with Gasteiger partial charge in [0.2, 0.25) is 5.91 Å². The number of carbonyl (C=O) groups is 1. The Morgan fingerprint density at radius 3 is 2.00 bits per heavy atom. The number of unbranched alkanes of at least 4 members (excludes halogenated alkanes) is 9.